The number of rotatable bonds is 11. The Morgan fingerprint density at radius 2 is 1.55 bits per heavy atom. The maximum atomic E-state index is 5.52. The highest BCUT2D eigenvalue weighted by molar-refractivity contribution is 5.72. The summed E-state index contributed by atoms with van der Waals surface area (Å²) < 4.78 is 16.3. The van der Waals surface area contributed by atoms with Crippen LogP contribution in [0.15, 0.2) is 66.7 Å². The highest BCUT2D eigenvalue weighted by Gasteiger charge is 2.23. The topological polar surface area (TPSA) is 39.7 Å². The van der Waals surface area contributed by atoms with E-state index in [4.69, 9.17) is 14.2 Å². The Hall–Kier alpha value is -3.24. The van der Waals surface area contributed by atoms with Crippen molar-refractivity contribution in [2.75, 3.05) is 27.9 Å². The van der Waals surface area contributed by atoms with Crippen molar-refractivity contribution in [3.63, 3.8) is 0 Å². The summed E-state index contributed by atoms with van der Waals surface area (Å²) in [7, 11) is 5.04. The van der Waals surface area contributed by atoms with Gasteiger partial charge in [-0.3, -0.25) is 0 Å². The second-order valence-electron chi connectivity index (χ2n) is 8.54. The van der Waals surface area contributed by atoms with Gasteiger partial charge in [-0.15, -0.1) is 0 Å². The van der Waals surface area contributed by atoms with E-state index in [9.17, 15) is 0 Å². The number of hydrogen-bond acceptors (Lipinski definition) is 4. The van der Waals surface area contributed by atoms with Crippen molar-refractivity contribution in [3.05, 3.63) is 89.0 Å². The summed E-state index contributed by atoms with van der Waals surface area (Å²) in [6.45, 7) is 5.33. The fourth-order valence-electron chi connectivity index (χ4n) is 3.92. The second kappa shape index (κ2) is 11.6. The van der Waals surface area contributed by atoms with Crippen molar-refractivity contribution < 1.29 is 14.2 Å². The molecule has 3 rings (SSSR count). The third-order valence-corrected chi connectivity index (χ3v) is 5.85. The van der Waals surface area contributed by atoms with Gasteiger partial charge in [0.25, 0.3) is 0 Å². The Morgan fingerprint density at radius 3 is 2.24 bits per heavy atom. The number of benzene rings is 3. The molecule has 3 aromatic carbocycles. The third kappa shape index (κ3) is 6.62. The van der Waals surface area contributed by atoms with Gasteiger partial charge in [0.05, 0.1) is 21.3 Å². The van der Waals surface area contributed by atoms with Crippen molar-refractivity contribution in [1.29, 1.82) is 0 Å². The molecule has 0 fully saturated rings. The van der Waals surface area contributed by atoms with Crippen molar-refractivity contribution in [1.82, 2.24) is 5.32 Å². The third-order valence-electron chi connectivity index (χ3n) is 5.85. The Kier molecular flexibility index (Phi) is 8.56. The summed E-state index contributed by atoms with van der Waals surface area (Å²) in [6.07, 6.45) is 6.30. The van der Waals surface area contributed by atoms with E-state index < -0.39 is 0 Å². The zero-order chi connectivity index (χ0) is 23.7. The fourth-order valence-corrected chi connectivity index (χ4v) is 3.92. The molecule has 0 radical (unpaired) electrons. The lowest BCUT2D eigenvalue weighted by Gasteiger charge is -2.29. The molecule has 0 aromatic heterocycles. The molecule has 33 heavy (non-hydrogen) atoms. The van der Waals surface area contributed by atoms with Gasteiger partial charge in [-0.2, -0.15) is 0 Å². The number of nitrogens with one attached hydrogen (secondary N) is 1. The predicted octanol–water partition coefficient (Wildman–Crippen LogP) is 6.34. The summed E-state index contributed by atoms with van der Waals surface area (Å²) in [5, 5.41) is 3.74. The van der Waals surface area contributed by atoms with E-state index in [0.717, 1.165) is 36.6 Å². The lowest BCUT2D eigenvalue weighted by Crippen LogP contribution is -2.38. The maximum Gasteiger partial charge on any atom is 0.160 e. The minimum absolute atomic E-state index is 0.220. The van der Waals surface area contributed by atoms with E-state index in [1.807, 2.05) is 18.2 Å². The van der Waals surface area contributed by atoms with E-state index >= 15 is 0 Å². The van der Waals surface area contributed by atoms with Gasteiger partial charge in [-0.05, 0) is 79.8 Å². The van der Waals surface area contributed by atoms with E-state index in [1.54, 1.807) is 21.3 Å². The van der Waals surface area contributed by atoms with Crippen LogP contribution in [0.25, 0.3) is 12.2 Å². The molecule has 1 N–H and O–H groups in total. The van der Waals surface area contributed by atoms with Crippen LogP contribution < -0.4 is 19.5 Å². The molecular weight excluding hydrogens is 410 g/mol. The molecule has 0 atom stereocenters. The summed E-state index contributed by atoms with van der Waals surface area (Å²) >= 11 is 0. The molecular formula is C29H35NO3. The average Bonchev–Trinajstić information content (AvgIpc) is 2.85. The maximum absolute atomic E-state index is 5.52. The van der Waals surface area contributed by atoms with Gasteiger partial charge in [-0.25, -0.2) is 0 Å². The SMILES string of the molecule is COc1ccc(/C=C/c2ccccc2)c(C(C)(C)NCCCc2ccc(OC)c(OC)c2)c1. The normalized spacial score (nSPS) is 11.5. The van der Waals surface area contributed by atoms with Crippen LogP contribution in [0.1, 0.15) is 42.5 Å². The molecule has 0 unspecified atom stereocenters. The molecule has 4 heteroatoms. The van der Waals surface area contributed by atoms with E-state index in [0.29, 0.717) is 0 Å². The molecule has 174 valence electrons. The van der Waals surface area contributed by atoms with Crippen molar-refractivity contribution >= 4 is 12.2 Å². The molecule has 0 saturated carbocycles. The molecule has 0 amide bonds. The van der Waals surface area contributed by atoms with E-state index in [-0.39, 0.29) is 5.54 Å². The quantitative estimate of drug-likeness (QED) is 0.276. The standard InChI is InChI=1S/C29H35NO3/c1-29(2,30-19-9-12-23-14-18-27(32-4)28(20-23)33-5)26-21-25(31-3)17-16-24(26)15-13-22-10-7-6-8-11-22/h6-8,10-11,13-18,20-21,30H,9,12,19H2,1-5H3/b15-13+. The Bertz CT molecular complexity index is 1060. The van der Waals surface area contributed by atoms with Crippen molar-refractivity contribution in [3.8, 4) is 17.2 Å². The van der Waals surface area contributed by atoms with Gasteiger partial charge in [-0.1, -0.05) is 54.6 Å². The second-order valence-corrected chi connectivity index (χ2v) is 8.54. The monoisotopic (exact) mass is 445 g/mol. The van der Waals surface area contributed by atoms with Crippen LogP contribution in [0.2, 0.25) is 0 Å². The Balaban J connectivity index is 1.69. The highest BCUT2D eigenvalue weighted by atomic mass is 16.5. The van der Waals surface area contributed by atoms with Gasteiger partial charge >= 0.3 is 0 Å². The summed E-state index contributed by atoms with van der Waals surface area (Å²) in [4.78, 5) is 0. The van der Waals surface area contributed by atoms with Gasteiger partial charge in [0.1, 0.15) is 5.75 Å². The average molecular weight is 446 g/mol. The van der Waals surface area contributed by atoms with E-state index in [2.05, 4.69) is 79.8 Å². The van der Waals surface area contributed by atoms with Crippen molar-refractivity contribution in [2.24, 2.45) is 0 Å². The lowest BCUT2D eigenvalue weighted by molar-refractivity contribution is 0.354. The Morgan fingerprint density at radius 1 is 0.788 bits per heavy atom. The molecule has 0 bridgehead atoms. The fraction of sp³-hybridized carbons (Fsp3) is 0.310. The minimum Gasteiger partial charge on any atom is -0.497 e. The number of methoxy groups -OCH3 is 3. The largest absolute Gasteiger partial charge is 0.497 e. The first-order valence-electron chi connectivity index (χ1n) is 11.3. The number of aryl methyl sites for hydroxylation is 1. The van der Waals surface area contributed by atoms with Crippen molar-refractivity contribution in [2.45, 2.75) is 32.2 Å². The molecule has 0 saturated heterocycles. The van der Waals surface area contributed by atoms with E-state index in [1.165, 1.54) is 22.3 Å². The van der Waals surface area contributed by atoms with Crippen LogP contribution in [0.3, 0.4) is 0 Å². The van der Waals surface area contributed by atoms with Crippen LogP contribution in [0.4, 0.5) is 0 Å². The molecule has 0 spiro atoms. The lowest BCUT2D eigenvalue weighted by atomic mass is 9.89. The van der Waals surface area contributed by atoms with Gasteiger partial charge in [0.15, 0.2) is 11.5 Å². The number of hydrogen-bond donors (Lipinski definition) is 1. The first kappa shape index (κ1) is 24.4. The zero-order valence-electron chi connectivity index (χ0n) is 20.4. The van der Waals surface area contributed by atoms with Crippen LogP contribution in [0, 0.1) is 0 Å². The van der Waals surface area contributed by atoms with Gasteiger partial charge < -0.3 is 19.5 Å². The van der Waals surface area contributed by atoms with Gasteiger partial charge in [0, 0.05) is 5.54 Å². The minimum atomic E-state index is -0.220. The molecule has 4 nitrogen and oxygen atoms in total. The summed E-state index contributed by atoms with van der Waals surface area (Å²) in [5.41, 5.74) is 4.58. The van der Waals surface area contributed by atoms with Crippen LogP contribution in [-0.2, 0) is 12.0 Å². The first-order valence-corrected chi connectivity index (χ1v) is 11.3. The molecule has 0 aliphatic carbocycles. The molecule has 0 aliphatic heterocycles. The molecule has 3 aromatic rings. The summed E-state index contributed by atoms with van der Waals surface area (Å²) in [6, 6.07) is 22.7. The highest BCUT2D eigenvalue weighted by Crippen LogP contribution is 2.30. The zero-order valence-corrected chi connectivity index (χ0v) is 20.4. The first-order chi connectivity index (χ1) is 16.0. The smallest absolute Gasteiger partial charge is 0.160 e. The van der Waals surface area contributed by atoms with Gasteiger partial charge in [0.2, 0.25) is 0 Å². The Labute approximate surface area is 198 Å². The predicted molar refractivity (Wildman–Crippen MR) is 137 cm³/mol. The number of ether oxygens (including phenoxy) is 3. The van der Waals surface area contributed by atoms with Crippen LogP contribution in [-0.4, -0.2) is 27.9 Å². The molecule has 0 heterocycles. The summed E-state index contributed by atoms with van der Waals surface area (Å²) in [5.74, 6) is 2.39. The van der Waals surface area contributed by atoms with Crippen LogP contribution in [0.5, 0.6) is 17.2 Å². The molecule has 0 aliphatic rings. The van der Waals surface area contributed by atoms with Crippen LogP contribution >= 0.6 is 0 Å².